The van der Waals surface area contributed by atoms with Crippen LogP contribution in [0.1, 0.15) is 19.3 Å². The predicted molar refractivity (Wildman–Crippen MR) is 101 cm³/mol. The Morgan fingerprint density at radius 3 is 2.88 bits per heavy atom. The molecule has 26 heavy (non-hydrogen) atoms. The van der Waals surface area contributed by atoms with Crippen LogP contribution in [0.2, 0.25) is 0 Å². The van der Waals surface area contributed by atoms with Crippen LogP contribution < -0.4 is 4.90 Å². The van der Waals surface area contributed by atoms with Gasteiger partial charge in [-0.05, 0) is 31.4 Å². The first kappa shape index (κ1) is 17.0. The molecule has 0 spiro atoms. The van der Waals surface area contributed by atoms with Gasteiger partial charge in [0.05, 0.1) is 23.7 Å². The summed E-state index contributed by atoms with van der Waals surface area (Å²) < 4.78 is 7.30. The lowest BCUT2D eigenvalue weighted by atomic mass is 10.2. The quantitative estimate of drug-likeness (QED) is 0.743. The van der Waals surface area contributed by atoms with E-state index in [0.29, 0.717) is 22.7 Å². The van der Waals surface area contributed by atoms with Crippen LogP contribution in [0.5, 0.6) is 5.75 Å². The molecular formula is C18H21N5O2S. The molecule has 7 nitrogen and oxygen atoms in total. The van der Waals surface area contributed by atoms with Crippen LogP contribution >= 0.6 is 11.3 Å². The van der Waals surface area contributed by atoms with Gasteiger partial charge in [-0.25, -0.2) is 4.98 Å². The Kier molecular flexibility index (Phi) is 4.60. The van der Waals surface area contributed by atoms with Gasteiger partial charge in [0, 0.05) is 38.7 Å². The highest BCUT2D eigenvalue weighted by Crippen LogP contribution is 2.37. The summed E-state index contributed by atoms with van der Waals surface area (Å²) >= 11 is 1.49. The van der Waals surface area contributed by atoms with Gasteiger partial charge in [-0.2, -0.15) is 0 Å². The number of ether oxygens (including phenoxy) is 1. The van der Waals surface area contributed by atoms with E-state index in [9.17, 15) is 5.11 Å². The first-order valence-electron chi connectivity index (χ1n) is 8.56. The standard InChI is InChI=1S/C18H21N5O2S/c1-22(12-3-5-14(9-12)25-2)18-21-20-17(26-18)15-6-4-13(10-16(15)24)23-8-7-19-11-23/h4,6-8,10-12,14,24H,3,5,9H2,1-2H3/t12-,14+/m0/s1. The molecule has 4 rings (SSSR count). The van der Waals surface area contributed by atoms with Crippen LogP contribution in [0, 0.1) is 0 Å². The van der Waals surface area contributed by atoms with Crippen LogP contribution in [-0.2, 0) is 4.74 Å². The minimum Gasteiger partial charge on any atom is -0.507 e. The van der Waals surface area contributed by atoms with Crippen LogP contribution in [0.4, 0.5) is 5.13 Å². The molecule has 0 aliphatic heterocycles. The number of phenols is 1. The Hall–Kier alpha value is -2.45. The number of imidazole rings is 1. The summed E-state index contributed by atoms with van der Waals surface area (Å²) in [6.45, 7) is 0. The van der Waals surface area contributed by atoms with Crippen molar-refractivity contribution in [3.63, 3.8) is 0 Å². The largest absolute Gasteiger partial charge is 0.507 e. The number of phenolic OH excluding ortho intramolecular Hbond substituents is 1. The Morgan fingerprint density at radius 2 is 2.19 bits per heavy atom. The van der Waals surface area contributed by atoms with Gasteiger partial charge >= 0.3 is 0 Å². The van der Waals surface area contributed by atoms with E-state index in [4.69, 9.17) is 4.74 Å². The van der Waals surface area contributed by atoms with E-state index in [1.54, 1.807) is 25.7 Å². The molecule has 1 fully saturated rings. The minimum absolute atomic E-state index is 0.182. The monoisotopic (exact) mass is 371 g/mol. The smallest absolute Gasteiger partial charge is 0.208 e. The maximum absolute atomic E-state index is 10.4. The van der Waals surface area contributed by atoms with Gasteiger partial charge in [-0.15, -0.1) is 10.2 Å². The van der Waals surface area contributed by atoms with Gasteiger partial charge in [0.2, 0.25) is 5.13 Å². The SMILES string of the molecule is CO[C@@H]1CC[C@H](N(C)c2nnc(-c3ccc(-n4ccnc4)cc3O)s2)C1. The van der Waals surface area contributed by atoms with Gasteiger partial charge < -0.3 is 19.3 Å². The molecule has 2 heterocycles. The van der Waals surface area contributed by atoms with E-state index in [-0.39, 0.29) is 5.75 Å². The second-order valence-electron chi connectivity index (χ2n) is 6.50. The maximum Gasteiger partial charge on any atom is 0.208 e. The molecule has 2 atom stereocenters. The number of methoxy groups -OCH3 is 1. The number of aromatic nitrogens is 4. The molecule has 0 saturated heterocycles. The van der Waals surface area contributed by atoms with E-state index in [1.807, 2.05) is 22.9 Å². The molecule has 0 amide bonds. The molecule has 0 radical (unpaired) electrons. The summed E-state index contributed by atoms with van der Waals surface area (Å²) in [5.41, 5.74) is 1.54. The van der Waals surface area contributed by atoms with Gasteiger partial charge in [0.15, 0.2) is 5.01 Å². The molecule has 1 N–H and O–H groups in total. The molecule has 0 unspecified atom stereocenters. The minimum atomic E-state index is 0.182. The number of rotatable bonds is 5. The number of aromatic hydroxyl groups is 1. The normalized spacial score (nSPS) is 19.8. The number of hydrogen-bond donors (Lipinski definition) is 1. The van der Waals surface area contributed by atoms with Crippen molar-refractivity contribution in [1.82, 2.24) is 19.7 Å². The Morgan fingerprint density at radius 1 is 1.31 bits per heavy atom. The van der Waals surface area contributed by atoms with Crippen molar-refractivity contribution in [3.8, 4) is 22.0 Å². The van der Waals surface area contributed by atoms with Gasteiger partial charge in [0.25, 0.3) is 0 Å². The highest BCUT2D eigenvalue weighted by Gasteiger charge is 2.29. The van der Waals surface area contributed by atoms with Gasteiger partial charge in [-0.3, -0.25) is 0 Å². The van der Waals surface area contributed by atoms with Gasteiger partial charge in [0.1, 0.15) is 5.75 Å². The summed E-state index contributed by atoms with van der Waals surface area (Å²) in [5, 5.41) is 20.6. The van der Waals surface area contributed by atoms with Crippen LogP contribution in [0.15, 0.2) is 36.9 Å². The summed E-state index contributed by atoms with van der Waals surface area (Å²) in [6.07, 6.45) is 8.74. The first-order chi connectivity index (χ1) is 12.7. The Bertz CT molecular complexity index is 880. The lowest BCUT2D eigenvalue weighted by Crippen LogP contribution is -2.29. The Labute approximate surface area is 155 Å². The van der Waals surface area contributed by atoms with Crippen LogP contribution in [0.3, 0.4) is 0 Å². The van der Waals surface area contributed by atoms with Crippen molar-refractivity contribution in [2.75, 3.05) is 19.1 Å². The summed E-state index contributed by atoms with van der Waals surface area (Å²) in [7, 11) is 3.82. The number of benzene rings is 1. The summed E-state index contributed by atoms with van der Waals surface area (Å²) in [5.74, 6) is 0.182. The summed E-state index contributed by atoms with van der Waals surface area (Å²) in [6, 6.07) is 5.92. The second-order valence-corrected chi connectivity index (χ2v) is 7.45. The zero-order chi connectivity index (χ0) is 18.1. The highest BCUT2D eigenvalue weighted by atomic mass is 32.1. The van der Waals surface area contributed by atoms with Crippen molar-refractivity contribution in [2.45, 2.75) is 31.4 Å². The lowest BCUT2D eigenvalue weighted by molar-refractivity contribution is 0.108. The molecule has 1 saturated carbocycles. The second kappa shape index (κ2) is 7.05. The molecular weight excluding hydrogens is 350 g/mol. The van der Waals surface area contributed by atoms with E-state index < -0.39 is 0 Å². The molecule has 1 aliphatic carbocycles. The fourth-order valence-corrected chi connectivity index (χ4v) is 4.29. The van der Waals surface area contributed by atoms with Crippen LogP contribution in [-0.4, -0.2) is 51.2 Å². The first-order valence-corrected chi connectivity index (χ1v) is 9.38. The van der Waals surface area contributed by atoms with Gasteiger partial charge in [-0.1, -0.05) is 11.3 Å². The fraction of sp³-hybridized carbons (Fsp3) is 0.389. The molecule has 1 aliphatic rings. The molecule has 8 heteroatoms. The third-order valence-corrected chi connectivity index (χ3v) is 6.02. The molecule has 1 aromatic carbocycles. The molecule has 0 bridgehead atoms. The van der Waals surface area contributed by atoms with Crippen molar-refractivity contribution < 1.29 is 9.84 Å². The molecule has 2 aromatic heterocycles. The zero-order valence-corrected chi connectivity index (χ0v) is 15.6. The van der Waals surface area contributed by atoms with E-state index in [1.165, 1.54) is 11.3 Å². The topological polar surface area (TPSA) is 76.3 Å². The van der Waals surface area contributed by atoms with Crippen molar-refractivity contribution in [1.29, 1.82) is 0 Å². The average molecular weight is 371 g/mol. The highest BCUT2D eigenvalue weighted by molar-refractivity contribution is 7.18. The van der Waals surface area contributed by atoms with Crippen molar-refractivity contribution >= 4 is 16.5 Å². The zero-order valence-electron chi connectivity index (χ0n) is 14.7. The van der Waals surface area contributed by atoms with Crippen LogP contribution in [0.25, 0.3) is 16.3 Å². The van der Waals surface area contributed by atoms with E-state index in [0.717, 1.165) is 30.1 Å². The third kappa shape index (κ3) is 3.17. The Balaban J connectivity index is 1.54. The fourth-order valence-electron chi connectivity index (χ4n) is 3.38. The summed E-state index contributed by atoms with van der Waals surface area (Å²) in [4.78, 5) is 6.20. The van der Waals surface area contributed by atoms with Crippen molar-refractivity contribution in [3.05, 3.63) is 36.9 Å². The number of anilines is 1. The lowest BCUT2D eigenvalue weighted by Gasteiger charge is -2.23. The number of nitrogens with zero attached hydrogens (tertiary/aromatic N) is 5. The average Bonchev–Trinajstić information content (AvgIpc) is 3.42. The van der Waals surface area contributed by atoms with E-state index in [2.05, 4.69) is 27.1 Å². The molecule has 136 valence electrons. The predicted octanol–water partition coefficient (Wildman–Crippen LogP) is 3.10. The third-order valence-electron chi connectivity index (χ3n) is 4.97. The molecule has 3 aromatic rings. The van der Waals surface area contributed by atoms with Crippen molar-refractivity contribution in [2.24, 2.45) is 0 Å². The maximum atomic E-state index is 10.4. The number of hydrogen-bond acceptors (Lipinski definition) is 7. The van der Waals surface area contributed by atoms with E-state index >= 15 is 0 Å².